The lowest BCUT2D eigenvalue weighted by atomic mass is 10.6. The van der Waals surface area contributed by atoms with Gasteiger partial charge in [-0.05, 0) is 51.2 Å². The molecular weight excluding hydrogens is 330 g/mol. The van der Waals surface area contributed by atoms with E-state index in [0.29, 0.717) is 0 Å². The quantitative estimate of drug-likeness (QED) is 0.676. The normalized spacial score (nSPS) is 9.25. The van der Waals surface area contributed by atoms with Crippen LogP contribution >= 0.6 is 45.2 Å². The Hall–Kier alpha value is 0.540. The van der Waals surface area contributed by atoms with Crippen LogP contribution in [0.2, 0.25) is 0 Å². The van der Waals surface area contributed by atoms with Crippen LogP contribution in [0.25, 0.3) is 0 Å². The summed E-state index contributed by atoms with van der Waals surface area (Å²) in [4.78, 5) is 0. The van der Waals surface area contributed by atoms with Gasteiger partial charge in [0.1, 0.15) is 3.70 Å². The second-order valence-corrected chi connectivity index (χ2v) is 3.35. The Morgan fingerprint density at radius 2 is 2.12 bits per heavy atom. The summed E-state index contributed by atoms with van der Waals surface area (Å²) < 4.78 is 2.11. The highest BCUT2D eigenvalue weighted by Crippen LogP contribution is 2.08. The lowest BCUT2D eigenvalue weighted by Gasteiger charge is -1.87. The number of nitrogens with zero attached hydrogens (tertiary/aromatic N) is 2. The molecule has 0 fully saturated rings. The van der Waals surface area contributed by atoms with Crippen LogP contribution in [0.3, 0.4) is 0 Å². The van der Waals surface area contributed by atoms with E-state index in [-0.39, 0.29) is 0 Å². The molecule has 0 amide bonds. The molecule has 1 heterocycles. The fourth-order valence-electron chi connectivity index (χ4n) is 0.299. The molecule has 0 atom stereocenters. The molecule has 0 N–H and O–H groups in total. The molecule has 42 valence electrons. The molecule has 1 rings (SSSR count). The third-order valence-electron chi connectivity index (χ3n) is 0.630. The van der Waals surface area contributed by atoms with E-state index in [2.05, 4.69) is 55.4 Å². The topological polar surface area (TPSA) is 25.8 Å². The van der Waals surface area contributed by atoms with Crippen molar-refractivity contribution < 1.29 is 0 Å². The van der Waals surface area contributed by atoms with Gasteiger partial charge in [0.15, 0.2) is 0 Å². The van der Waals surface area contributed by atoms with E-state index in [1.54, 1.807) is 6.20 Å². The molecule has 0 bridgehead atoms. The zero-order valence-corrected chi connectivity index (χ0v) is 8.12. The summed E-state index contributed by atoms with van der Waals surface area (Å²) >= 11 is 4.36. The van der Waals surface area contributed by atoms with Gasteiger partial charge in [-0.2, -0.15) is 5.10 Å². The van der Waals surface area contributed by atoms with Crippen molar-refractivity contribution in [3.05, 3.63) is 19.5 Å². The summed E-state index contributed by atoms with van der Waals surface area (Å²) in [5.74, 6) is 0. The van der Waals surface area contributed by atoms with Gasteiger partial charge in [-0.25, -0.2) is 0 Å². The SMILES string of the molecule is Ic1ccnnc1I. The highest BCUT2D eigenvalue weighted by molar-refractivity contribution is 14.1. The van der Waals surface area contributed by atoms with Crippen molar-refractivity contribution >= 4 is 45.2 Å². The molecule has 0 aliphatic heterocycles. The molecule has 0 aliphatic carbocycles. The molecule has 0 saturated carbocycles. The third-order valence-corrected chi connectivity index (χ3v) is 3.33. The highest BCUT2D eigenvalue weighted by Gasteiger charge is 1.91. The van der Waals surface area contributed by atoms with Crippen molar-refractivity contribution in [2.24, 2.45) is 0 Å². The molecule has 1 aromatic rings. The molecule has 0 radical (unpaired) electrons. The van der Waals surface area contributed by atoms with E-state index in [9.17, 15) is 0 Å². The van der Waals surface area contributed by atoms with Gasteiger partial charge in [-0.3, -0.25) is 0 Å². The van der Waals surface area contributed by atoms with Gasteiger partial charge in [0.25, 0.3) is 0 Å². The van der Waals surface area contributed by atoms with Crippen LogP contribution < -0.4 is 0 Å². The van der Waals surface area contributed by atoms with Crippen molar-refractivity contribution in [3.63, 3.8) is 0 Å². The summed E-state index contributed by atoms with van der Waals surface area (Å²) in [6, 6.07) is 1.93. The Bertz CT molecular complexity index is 168. The van der Waals surface area contributed by atoms with Crippen LogP contribution in [0.4, 0.5) is 0 Å². The molecule has 1 aromatic heterocycles. The van der Waals surface area contributed by atoms with Gasteiger partial charge < -0.3 is 0 Å². The zero-order chi connectivity index (χ0) is 5.98. The van der Waals surface area contributed by atoms with E-state index < -0.39 is 0 Å². The van der Waals surface area contributed by atoms with Gasteiger partial charge in [-0.15, -0.1) is 5.10 Å². The first-order valence-corrected chi connectivity index (χ1v) is 4.09. The minimum atomic E-state index is 0.964. The van der Waals surface area contributed by atoms with E-state index in [4.69, 9.17) is 0 Å². The molecule has 0 spiro atoms. The average Bonchev–Trinajstić information content (AvgIpc) is 1.77. The summed E-state index contributed by atoms with van der Waals surface area (Å²) in [5, 5.41) is 7.49. The molecular formula is C4H2I2N2. The van der Waals surface area contributed by atoms with Crippen molar-refractivity contribution in [2.75, 3.05) is 0 Å². The molecule has 2 nitrogen and oxygen atoms in total. The lowest BCUT2D eigenvalue weighted by molar-refractivity contribution is 0.992. The summed E-state index contributed by atoms with van der Waals surface area (Å²) in [6.07, 6.45) is 1.68. The van der Waals surface area contributed by atoms with Crippen LogP contribution in [0.5, 0.6) is 0 Å². The number of aromatic nitrogens is 2. The van der Waals surface area contributed by atoms with Gasteiger partial charge in [0.2, 0.25) is 0 Å². The standard InChI is InChI=1S/C4H2I2N2/c5-3-1-2-7-8-4(3)6/h1-2H. The minimum Gasteiger partial charge on any atom is -0.158 e. The van der Waals surface area contributed by atoms with Crippen LogP contribution in [0.15, 0.2) is 12.3 Å². The highest BCUT2D eigenvalue weighted by atomic mass is 127. The predicted octanol–water partition coefficient (Wildman–Crippen LogP) is 1.69. The number of hydrogen-bond donors (Lipinski definition) is 0. The second kappa shape index (κ2) is 2.90. The maximum Gasteiger partial charge on any atom is 0.137 e. The van der Waals surface area contributed by atoms with Crippen molar-refractivity contribution in [1.82, 2.24) is 10.2 Å². The summed E-state index contributed by atoms with van der Waals surface area (Å²) in [5.41, 5.74) is 0. The monoisotopic (exact) mass is 332 g/mol. The Morgan fingerprint density at radius 1 is 1.38 bits per heavy atom. The number of halogens is 2. The first-order valence-electron chi connectivity index (χ1n) is 1.93. The molecule has 8 heavy (non-hydrogen) atoms. The smallest absolute Gasteiger partial charge is 0.137 e. The maximum atomic E-state index is 3.81. The van der Waals surface area contributed by atoms with Crippen molar-refractivity contribution in [3.8, 4) is 0 Å². The molecule has 0 saturated heterocycles. The maximum absolute atomic E-state index is 3.81. The predicted molar refractivity (Wildman–Crippen MR) is 47.5 cm³/mol. The van der Waals surface area contributed by atoms with E-state index in [1.807, 2.05) is 6.07 Å². The Kier molecular flexibility index (Phi) is 2.42. The van der Waals surface area contributed by atoms with Crippen LogP contribution in [0.1, 0.15) is 0 Å². The van der Waals surface area contributed by atoms with Gasteiger partial charge in [0.05, 0.1) is 6.20 Å². The third kappa shape index (κ3) is 1.51. The Balaban J connectivity index is 3.13. The Morgan fingerprint density at radius 3 is 2.50 bits per heavy atom. The largest absolute Gasteiger partial charge is 0.158 e. The zero-order valence-electron chi connectivity index (χ0n) is 3.81. The molecule has 0 aromatic carbocycles. The van der Waals surface area contributed by atoms with E-state index in [0.717, 1.165) is 7.27 Å². The van der Waals surface area contributed by atoms with Crippen LogP contribution in [0, 0.1) is 7.27 Å². The first kappa shape index (κ1) is 6.66. The van der Waals surface area contributed by atoms with Gasteiger partial charge in [0, 0.05) is 3.57 Å². The molecule has 0 unspecified atom stereocenters. The summed E-state index contributed by atoms with van der Waals surface area (Å²) in [6.45, 7) is 0. The van der Waals surface area contributed by atoms with Crippen molar-refractivity contribution in [1.29, 1.82) is 0 Å². The second-order valence-electron chi connectivity index (χ2n) is 1.17. The minimum absolute atomic E-state index is 0.964. The first-order chi connectivity index (χ1) is 3.80. The molecule has 0 aliphatic rings. The average molecular weight is 332 g/mol. The lowest BCUT2D eigenvalue weighted by Crippen LogP contribution is -1.86. The van der Waals surface area contributed by atoms with E-state index in [1.165, 1.54) is 0 Å². The van der Waals surface area contributed by atoms with Gasteiger partial charge >= 0.3 is 0 Å². The fourth-order valence-corrected chi connectivity index (χ4v) is 0.872. The number of hydrogen-bond acceptors (Lipinski definition) is 2. The van der Waals surface area contributed by atoms with Crippen LogP contribution in [-0.2, 0) is 0 Å². The Labute approximate surface area is 74.4 Å². The van der Waals surface area contributed by atoms with Gasteiger partial charge in [-0.1, -0.05) is 0 Å². The summed E-state index contributed by atoms with van der Waals surface area (Å²) in [7, 11) is 0. The van der Waals surface area contributed by atoms with Crippen molar-refractivity contribution in [2.45, 2.75) is 0 Å². The molecule has 4 heteroatoms. The van der Waals surface area contributed by atoms with Crippen LogP contribution in [-0.4, -0.2) is 10.2 Å². The van der Waals surface area contributed by atoms with E-state index >= 15 is 0 Å². The number of rotatable bonds is 0. The fraction of sp³-hybridized carbons (Fsp3) is 0.